The first kappa shape index (κ1) is 13.3. The molecule has 1 aliphatic carbocycles. The van der Waals surface area contributed by atoms with Crippen LogP contribution in [0.15, 0.2) is 54.0 Å². The van der Waals surface area contributed by atoms with Crippen LogP contribution in [0, 0.1) is 5.92 Å². The second-order valence-corrected chi connectivity index (χ2v) is 4.41. The van der Waals surface area contributed by atoms with Gasteiger partial charge < -0.3 is 14.6 Å². The van der Waals surface area contributed by atoms with Crippen molar-refractivity contribution in [3.8, 4) is 5.75 Å². The molecule has 0 saturated carbocycles. The van der Waals surface area contributed by atoms with Gasteiger partial charge in [-0.1, -0.05) is 24.3 Å². The van der Waals surface area contributed by atoms with Gasteiger partial charge >= 0.3 is 0 Å². The largest absolute Gasteiger partial charge is 0.508 e. The average molecular weight is 258 g/mol. The monoisotopic (exact) mass is 258 g/mol. The second-order valence-electron chi connectivity index (χ2n) is 4.41. The van der Waals surface area contributed by atoms with Crippen LogP contribution in [0.3, 0.4) is 0 Å². The molecule has 3 heteroatoms. The van der Waals surface area contributed by atoms with E-state index in [0.29, 0.717) is 0 Å². The van der Waals surface area contributed by atoms with Crippen molar-refractivity contribution in [1.29, 1.82) is 0 Å². The number of phenolic OH excluding ortho intramolecular Hbond substituents is 1. The van der Waals surface area contributed by atoms with Gasteiger partial charge in [-0.3, -0.25) is 0 Å². The van der Waals surface area contributed by atoms with Crippen molar-refractivity contribution >= 4 is 6.08 Å². The molecule has 1 aromatic carbocycles. The predicted molar refractivity (Wildman–Crippen MR) is 75.4 cm³/mol. The molecule has 0 saturated heterocycles. The summed E-state index contributed by atoms with van der Waals surface area (Å²) >= 11 is 0. The highest BCUT2D eigenvalue weighted by Gasteiger charge is 2.13. The van der Waals surface area contributed by atoms with Gasteiger partial charge in [0.15, 0.2) is 0 Å². The molecular formula is C16H18O3. The molecule has 100 valence electrons. The van der Waals surface area contributed by atoms with E-state index in [9.17, 15) is 5.11 Å². The van der Waals surface area contributed by atoms with Crippen LogP contribution in [0.1, 0.15) is 12.0 Å². The Kier molecular flexibility index (Phi) is 4.29. The molecule has 0 spiro atoms. The molecule has 1 unspecified atom stereocenters. The van der Waals surface area contributed by atoms with E-state index in [1.807, 2.05) is 24.3 Å². The zero-order valence-corrected chi connectivity index (χ0v) is 11.2. The number of methoxy groups -OCH3 is 2. The van der Waals surface area contributed by atoms with Gasteiger partial charge in [-0.05, 0) is 23.8 Å². The molecule has 0 heterocycles. The van der Waals surface area contributed by atoms with Gasteiger partial charge in [-0.25, -0.2) is 0 Å². The van der Waals surface area contributed by atoms with Crippen molar-refractivity contribution in [3.05, 3.63) is 59.6 Å². The number of phenols is 1. The van der Waals surface area contributed by atoms with Crippen LogP contribution < -0.4 is 0 Å². The Balaban J connectivity index is 2.09. The number of benzene rings is 1. The maximum Gasteiger partial charge on any atom is 0.118 e. The standard InChI is InChI=1S/C16H18O3/c1-18-15-9-13(10-16(11-15)19-2)4-3-12-5-7-14(17)8-6-12/h3-9,11,13,17H,10H2,1-2H3/b4-3+. The Labute approximate surface area is 113 Å². The lowest BCUT2D eigenvalue weighted by Crippen LogP contribution is -2.05. The minimum atomic E-state index is 0.253. The van der Waals surface area contributed by atoms with Crippen molar-refractivity contribution in [2.24, 2.45) is 5.92 Å². The zero-order valence-electron chi connectivity index (χ0n) is 11.2. The third-order valence-corrected chi connectivity index (χ3v) is 3.05. The Morgan fingerprint density at radius 1 is 1.16 bits per heavy atom. The lowest BCUT2D eigenvalue weighted by Gasteiger charge is -2.17. The fourth-order valence-corrected chi connectivity index (χ4v) is 1.98. The summed E-state index contributed by atoms with van der Waals surface area (Å²) in [6.45, 7) is 0. The van der Waals surface area contributed by atoms with E-state index in [-0.39, 0.29) is 11.7 Å². The number of hydrogen-bond acceptors (Lipinski definition) is 3. The SMILES string of the molecule is COC1=CC(/C=C/c2ccc(O)cc2)CC(OC)=C1. The molecule has 19 heavy (non-hydrogen) atoms. The van der Waals surface area contributed by atoms with E-state index < -0.39 is 0 Å². The number of aromatic hydroxyl groups is 1. The summed E-state index contributed by atoms with van der Waals surface area (Å²) in [4.78, 5) is 0. The summed E-state index contributed by atoms with van der Waals surface area (Å²) in [5.74, 6) is 2.27. The molecule has 0 radical (unpaired) electrons. The number of rotatable bonds is 4. The molecule has 0 bridgehead atoms. The summed E-state index contributed by atoms with van der Waals surface area (Å²) in [7, 11) is 3.33. The quantitative estimate of drug-likeness (QED) is 0.898. The normalized spacial score (nSPS) is 18.9. The summed E-state index contributed by atoms with van der Waals surface area (Å²) < 4.78 is 10.6. The highest BCUT2D eigenvalue weighted by atomic mass is 16.5. The number of allylic oxidation sites excluding steroid dienone is 4. The summed E-state index contributed by atoms with van der Waals surface area (Å²) in [6.07, 6.45) is 8.95. The van der Waals surface area contributed by atoms with Crippen molar-refractivity contribution in [2.75, 3.05) is 14.2 Å². The van der Waals surface area contributed by atoms with Crippen LogP contribution in [0.25, 0.3) is 6.08 Å². The fraction of sp³-hybridized carbons (Fsp3) is 0.250. The molecule has 1 N–H and O–H groups in total. The van der Waals surface area contributed by atoms with Gasteiger partial charge in [0.2, 0.25) is 0 Å². The lowest BCUT2D eigenvalue weighted by molar-refractivity contribution is 0.250. The molecule has 2 rings (SSSR count). The molecule has 0 fully saturated rings. The topological polar surface area (TPSA) is 38.7 Å². The smallest absolute Gasteiger partial charge is 0.118 e. The molecule has 0 aliphatic heterocycles. The number of ether oxygens (including phenoxy) is 2. The van der Waals surface area contributed by atoms with E-state index in [1.54, 1.807) is 26.4 Å². The Hall–Kier alpha value is -2.16. The van der Waals surface area contributed by atoms with E-state index in [4.69, 9.17) is 9.47 Å². The van der Waals surface area contributed by atoms with Crippen LogP contribution in [0.5, 0.6) is 5.75 Å². The minimum Gasteiger partial charge on any atom is -0.508 e. The van der Waals surface area contributed by atoms with E-state index >= 15 is 0 Å². The van der Waals surface area contributed by atoms with E-state index in [1.165, 1.54) is 0 Å². The third-order valence-electron chi connectivity index (χ3n) is 3.05. The Bertz CT molecular complexity index is 509. The molecular weight excluding hydrogens is 240 g/mol. The highest BCUT2D eigenvalue weighted by molar-refractivity contribution is 5.51. The maximum atomic E-state index is 9.23. The van der Waals surface area contributed by atoms with Crippen LogP contribution >= 0.6 is 0 Å². The first-order valence-electron chi connectivity index (χ1n) is 6.19. The molecule has 1 aromatic rings. The van der Waals surface area contributed by atoms with Gasteiger partial charge in [0, 0.05) is 18.4 Å². The summed E-state index contributed by atoms with van der Waals surface area (Å²) in [5.41, 5.74) is 1.05. The predicted octanol–water partition coefficient (Wildman–Crippen LogP) is 3.49. The van der Waals surface area contributed by atoms with Crippen molar-refractivity contribution in [3.63, 3.8) is 0 Å². The van der Waals surface area contributed by atoms with Crippen LogP contribution in [0.4, 0.5) is 0 Å². The van der Waals surface area contributed by atoms with E-state index in [0.717, 1.165) is 23.5 Å². The fourth-order valence-electron chi connectivity index (χ4n) is 1.98. The van der Waals surface area contributed by atoms with Gasteiger partial charge in [-0.2, -0.15) is 0 Å². The Morgan fingerprint density at radius 3 is 2.53 bits per heavy atom. The average Bonchev–Trinajstić information content (AvgIpc) is 2.46. The minimum absolute atomic E-state index is 0.253. The first-order valence-corrected chi connectivity index (χ1v) is 6.19. The van der Waals surface area contributed by atoms with Gasteiger partial charge in [0.25, 0.3) is 0 Å². The third kappa shape index (κ3) is 3.65. The highest BCUT2D eigenvalue weighted by Crippen LogP contribution is 2.25. The molecule has 3 nitrogen and oxygen atoms in total. The molecule has 0 aromatic heterocycles. The molecule has 1 aliphatic rings. The molecule has 1 atom stereocenters. The maximum absolute atomic E-state index is 9.23. The van der Waals surface area contributed by atoms with Crippen LogP contribution in [-0.2, 0) is 9.47 Å². The van der Waals surface area contributed by atoms with Gasteiger partial charge in [-0.15, -0.1) is 0 Å². The molecule has 0 amide bonds. The Morgan fingerprint density at radius 2 is 1.89 bits per heavy atom. The van der Waals surface area contributed by atoms with E-state index in [2.05, 4.69) is 12.2 Å². The van der Waals surface area contributed by atoms with Crippen molar-refractivity contribution in [1.82, 2.24) is 0 Å². The van der Waals surface area contributed by atoms with Crippen LogP contribution in [-0.4, -0.2) is 19.3 Å². The van der Waals surface area contributed by atoms with Gasteiger partial charge in [0.1, 0.15) is 17.3 Å². The van der Waals surface area contributed by atoms with Crippen LogP contribution in [0.2, 0.25) is 0 Å². The summed E-state index contributed by atoms with van der Waals surface area (Å²) in [6, 6.07) is 7.11. The van der Waals surface area contributed by atoms with Crippen molar-refractivity contribution < 1.29 is 14.6 Å². The van der Waals surface area contributed by atoms with Crippen molar-refractivity contribution in [2.45, 2.75) is 6.42 Å². The number of hydrogen-bond donors (Lipinski definition) is 1. The lowest BCUT2D eigenvalue weighted by atomic mass is 9.97. The first-order chi connectivity index (χ1) is 9.21. The summed E-state index contributed by atoms with van der Waals surface area (Å²) in [5, 5.41) is 9.23. The van der Waals surface area contributed by atoms with Gasteiger partial charge in [0.05, 0.1) is 14.2 Å². The second kappa shape index (κ2) is 6.14. The zero-order chi connectivity index (χ0) is 13.7.